The predicted octanol–water partition coefficient (Wildman–Crippen LogP) is 3.93. The third kappa shape index (κ3) is 4.55. The number of amides is 1. The summed E-state index contributed by atoms with van der Waals surface area (Å²) in [4.78, 5) is 12.4. The number of hydrogen-bond donors (Lipinski definition) is 2. The number of rotatable bonds is 5. The third-order valence-corrected chi connectivity index (χ3v) is 5.16. The molecule has 1 aliphatic carbocycles. The minimum Gasteiger partial charge on any atom is -0.350 e. The molecule has 0 radical (unpaired) electrons. The number of carbonyl (C=O) groups excluding carboxylic acids is 1. The summed E-state index contributed by atoms with van der Waals surface area (Å²) in [6.07, 6.45) is 6.41. The van der Waals surface area contributed by atoms with E-state index in [4.69, 9.17) is 5.73 Å². The highest BCUT2D eigenvalue weighted by Crippen LogP contribution is 2.38. The summed E-state index contributed by atoms with van der Waals surface area (Å²) in [6.45, 7) is 2.64. The maximum atomic E-state index is 12.4. The van der Waals surface area contributed by atoms with Crippen molar-refractivity contribution in [2.75, 3.05) is 6.54 Å². The molecule has 4 heteroatoms. The first kappa shape index (κ1) is 16.5. The monoisotopic (exact) mass is 352 g/mol. The standard InChI is InChI=1S/C17H25BrN2O/c1-13(14-5-7-15(18)8-6-14)20-16(21)11-17(12-19)9-3-2-4-10-17/h5-8,13H,2-4,9-12,19H2,1H3,(H,20,21). The molecule has 2 rings (SSSR count). The number of benzene rings is 1. The highest BCUT2D eigenvalue weighted by molar-refractivity contribution is 9.10. The van der Waals surface area contributed by atoms with Gasteiger partial charge in [0.05, 0.1) is 6.04 Å². The summed E-state index contributed by atoms with van der Waals surface area (Å²) in [7, 11) is 0. The van der Waals surface area contributed by atoms with Gasteiger partial charge in [-0.25, -0.2) is 0 Å². The second-order valence-electron chi connectivity index (χ2n) is 6.28. The normalized spacial score (nSPS) is 19.0. The molecule has 1 aromatic carbocycles. The molecule has 1 aliphatic rings. The van der Waals surface area contributed by atoms with Crippen LogP contribution < -0.4 is 11.1 Å². The lowest BCUT2D eigenvalue weighted by Gasteiger charge is -2.36. The fraction of sp³-hybridized carbons (Fsp3) is 0.588. The van der Waals surface area contributed by atoms with Gasteiger partial charge in [-0.3, -0.25) is 4.79 Å². The lowest BCUT2D eigenvalue weighted by Crippen LogP contribution is -2.39. The molecule has 0 aliphatic heterocycles. The fourth-order valence-electron chi connectivity index (χ4n) is 3.22. The van der Waals surface area contributed by atoms with Crippen molar-refractivity contribution in [1.82, 2.24) is 5.32 Å². The van der Waals surface area contributed by atoms with Gasteiger partial charge in [-0.05, 0) is 49.4 Å². The average Bonchev–Trinajstić information content (AvgIpc) is 2.48. The molecular formula is C17H25BrN2O. The second kappa shape index (κ2) is 7.41. The Bertz CT molecular complexity index is 466. The van der Waals surface area contributed by atoms with E-state index in [1.54, 1.807) is 0 Å². The van der Waals surface area contributed by atoms with Crippen LogP contribution >= 0.6 is 15.9 Å². The Morgan fingerprint density at radius 2 is 1.90 bits per heavy atom. The van der Waals surface area contributed by atoms with E-state index >= 15 is 0 Å². The van der Waals surface area contributed by atoms with Crippen LogP contribution in [0.15, 0.2) is 28.7 Å². The van der Waals surface area contributed by atoms with Crippen LogP contribution in [0.3, 0.4) is 0 Å². The van der Waals surface area contributed by atoms with Crippen LogP contribution in [0.25, 0.3) is 0 Å². The fourth-order valence-corrected chi connectivity index (χ4v) is 3.49. The average molecular weight is 353 g/mol. The van der Waals surface area contributed by atoms with Crippen molar-refractivity contribution in [2.24, 2.45) is 11.1 Å². The van der Waals surface area contributed by atoms with Gasteiger partial charge in [0.2, 0.25) is 5.91 Å². The Balaban J connectivity index is 1.92. The molecule has 1 amide bonds. The quantitative estimate of drug-likeness (QED) is 0.843. The van der Waals surface area contributed by atoms with E-state index in [9.17, 15) is 4.79 Å². The topological polar surface area (TPSA) is 55.1 Å². The number of nitrogens with two attached hydrogens (primary N) is 1. The molecule has 3 N–H and O–H groups in total. The van der Waals surface area contributed by atoms with Gasteiger partial charge in [0.1, 0.15) is 0 Å². The van der Waals surface area contributed by atoms with E-state index in [1.807, 2.05) is 31.2 Å². The molecule has 0 heterocycles. The first-order valence-electron chi connectivity index (χ1n) is 7.80. The SMILES string of the molecule is CC(NC(=O)CC1(CN)CCCCC1)c1ccc(Br)cc1. The van der Waals surface area contributed by atoms with Gasteiger partial charge in [-0.1, -0.05) is 47.3 Å². The first-order chi connectivity index (χ1) is 10.0. The molecule has 21 heavy (non-hydrogen) atoms. The minimum atomic E-state index is 0.0295. The van der Waals surface area contributed by atoms with E-state index in [0.717, 1.165) is 22.9 Å². The van der Waals surface area contributed by atoms with Gasteiger partial charge >= 0.3 is 0 Å². The molecule has 116 valence electrons. The van der Waals surface area contributed by atoms with Crippen LogP contribution in [0.1, 0.15) is 57.1 Å². The Morgan fingerprint density at radius 3 is 2.48 bits per heavy atom. The molecule has 1 atom stereocenters. The highest BCUT2D eigenvalue weighted by atomic mass is 79.9. The van der Waals surface area contributed by atoms with Crippen molar-refractivity contribution in [1.29, 1.82) is 0 Å². The van der Waals surface area contributed by atoms with Crippen LogP contribution in [0, 0.1) is 5.41 Å². The number of hydrogen-bond acceptors (Lipinski definition) is 2. The molecule has 1 unspecified atom stereocenters. The van der Waals surface area contributed by atoms with Crippen LogP contribution in [-0.2, 0) is 4.79 Å². The van der Waals surface area contributed by atoms with Gasteiger partial charge in [-0.15, -0.1) is 0 Å². The number of nitrogens with one attached hydrogen (secondary N) is 1. The van der Waals surface area contributed by atoms with Crippen LogP contribution in [0.4, 0.5) is 0 Å². The van der Waals surface area contributed by atoms with Crippen molar-refractivity contribution in [3.05, 3.63) is 34.3 Å². The zero-order valence-corrected chi connectivity index (χ0v) is 14.3. The molecule has 1 aromatic rings. The van der Waals surface area contributed by atoms with Gasteiger partial charge in [0.15, 0.2) is 0 Å². The summed E-state index contributed by atoms with van der Waals surface area (Å²) in [5, 5.41) is 3.11. The summed E-state index contributed by atoms with van der Waals surface area (Å²) in [5.74, 6) is 0.123. The summed E-state index contributed by atoms with van der Waals surface area (Å²) in [5.41, 5.74) is 7.11. The molecule has 0 saturated heterocycles. The van der Waals surface area contributed by atoms with Crippen molar-refractivity contribution in [3.63, 3.8) is 0 Å². The Hall–Kier alpha value is -0.870. The van der Waals surface area contributed by atoms with E-state index in [0.29, 0.717) is 13.0 Å². The van der Waals surface area contributed by atoms with Gasteiger partial charge in [-0.2, -0.15) is 0 Å². The van der Waals surface area contributed by atoms with Crippen LogP contribution in [0.2, 0.25) is 0 Å². The molecule has 3 nitrogen and oxygen atoms in total. The Morgan fingerprint density at radius 1 is 1.29 bits per heavy atom. The van der Waals surface area contributed by atoms with Crippen molar-refractivity contribution in [2.45, 2.75) is 51.5 Å². The maximum Gasteiger partial charge on any atom is 0.221 e. The molecular weight excluding hydrogens is 328 g/mol. The minimum absolute atomic E-state index is 0.0295. The zero-order chi connectivity index (χ0) is 15.3. The molecule has 0 spiro atoms. The van der Waals surface area contributed by atoms with Crippen molar-refractivity contribution in [3.8, 4) is 0 Å². The first-order valence-corrected chi connectivity index (χ1v) is 8.59. The van der Waals surface area contributed by atoms with Crippen LogP contribution in [-0.4, -0.2) is 12.5 Å². The van der Waals surface area contributed by atoms with Gasteiger partial charge in [0, 0.05) is 10.9 Å². The Labute approximate surface area is 135 Å². The van der Waals surface area contributed by atoms with Crippen molar-refractivity contribution < 1.29 is 4.79 Å². The lowest BCUT2D eigenvalue weighted by atomic mass is 9.71. The van der Waals surface area contributed by atoms with Crippen molar-refractivity contribution >= 4 is 21.8 Å². The largest absolute Gasteiger partial charge is 0.350 e. The van der Waals surface area contributed by atoms with E-state index in [2.05, 4.69) is 21.2 Å². The molecule has 1 saturated carbocycles. The molecule has 0 bridgehead atoms. The summed E-state index contributed by atoms with van der Waals surface area (Å²) >= 11 is 3.43. The predicted molar refractivity (Wildman–Crippen MR) is 89.9 cm³/mol. The van der Waals surface area contributed by atoms with Gasteiger partial charge in [0.25, 0.3) is 0 Å². The lowest BCUT2D eigenvalue weighted by molar-refractivity contribution is -0.124. The smallest absolute Gasteiger partial charge is 0.221 e. The number of carbonyl (C=O) groups is 1. The molecule has 0 aromatic heterocycles. The second-order valence-corrected chi connectivity index (χ2v) is 7.20. The molecule has 1 fully saturated rings. The van der Waals surface area contributed by atoms with E-state index < -0.39 is 0 Å². The van der Waals surface area contributed by atoms with E-state index in [1.165, 1.54) is 19.3 Å². The number of halogens is 1. The summed E-state index contributed by atoms with van der Waals surface area (Å²) in [6, 6.07) is 8.10. The van der Waals surface area contributed by atoms with E-state index in [-0.39, 0.29) is 17.4 Å². The van der Waals surface area contributed by atoms with Gasteiger partial charge < -0.3 is 11.1 Å². The summed E-state index contributed by atoms with van der Waals surface area (Å²) < 4.78 is 1.05. The highest BCUT2D eigenvalue weighted by Gasteiger charge is 2.33. The van der Waals surface area contributed by atoms with Crippen LogP contribution in [0.5, 0.6) is 0 Å². The Kier molecular flexibility index (Phi) is 5.82. The maximum absolute atomic E-state index is 12.4. The zero-order valence-electron chi connectivity index (χ0n) is 12.7. The third-order valence-electron chi connectivity index (χ3n) is 4.63.